The van der Waals surface area contributed by atoms with Crippen LogP contribution in [0.25, 0.3) is 0 Å². The second kappa shape index (κ2) is 10.2. The van der Waals surface area contributed by atoms with Gasteiger partial charge in [-0.05, 0) is 0 Å². The van der Waals surface area contributed by atoms with Gasteiger partial charge in [0.15, 0.2) is 12.2 Å². The van der Waals surface area contributed by atoms with E-state index in [1.54, 1.807) is 0 Å². The molecule has 0 bridgehead atoms. The zero-order valence-corrected chi connectivity index (χ0v) is 12.6. The Morgan fingerprint density at radius 3 is 1.06 bits per heavy atom. The summed E-state index contributed by atoms with van der Waals surface area (Å²) in [7, 11) is 0. The van der Waals surface area contributed by atoms with Crippen LogP contribution < -0.4 is 0 Å². The molecule has 0 fully saturated rings. The maximum Gasteiger partial charge on any atom is 2.00 e. The fraction of sp³-hybridized carbons (Fsp3) is 0.667. The molecule has 0 spiro atoms. The molecule has 16 heavy (non-hydrogen) atoms. The molecule has 0 amide bonds. The van der Waals surface area contributed by atoms with Crippen molar-refractivity contribution in [3.8, 4) is 0 Å². The zero-order chi connectivity index (χ0) is 11.5. The molecule has 0 saturated carbocycles. The summed E-state index contributed by atoms with van der Waals surface area (Å²) in [5.41, 5.74) is 0. The fourth-order valence-electron chi connectivity index (χ4n) is 0.666. The molecule has 0 aromatic rings. The second-order valence-corrected chi connectivity index (χ2v) is 2.55. The molecule has 6 N–H and O–H groups in total. The Morgan fingerprint density at radius 1 is 0.750 bits per heavy atom. The van der Waals surface area contributed by atoms with Gasteiger partial charge in [-0.25, -0.2) is 9.59 Å². The molecule has 0 aromatic heterocycles. The summed E-state index contributed by atoms with van der Waals surface area (Å²) in [6.45, 7) is 0. The van der Waals surface area contributed by atoms with E-state index in [0.717, 1.165) is 0 Å². The van der Waals surface area contributed by atoms with E-state index < -0.39 is 36.4 Å². The van der Waals surface area contributed by atoms with Crippen molar-refractivity contribution >= 4 is 87.4 Å². The van der Waals surface area contributed by atoms with Gasteiger partial charge in [0, 0.05) is 0 Å². The summed E-state index contributed by atoms with van der Waals surface area (Å²) in [5.74, 6) is -3.68. The Bertz CT molecular complexity index is 225. The normalized spacial score (nSPS) is 17.0. The molecular weight excluding hydrogens is 280 g/mol. The van der Waals surface area contributed by atoms with Crippen LogP contribution in [0.2, 0.25) is 0 Å². The van der Waals surface area contributed by atoms with Crippen LogP contribution in [0.5, 0.6) is 0 Å². The Hall–Kier alpha value is 1.30. The van der Waals surface area contributed by atoms with Crippen LogP contribution in [0.3, 0.4) is 0 Å². The predicted octanol–water partition coefficient (Wildman–Crippen LogP) is -3.71. The molecule has 0 aromatic carbocycles. The van der Waals surface area contributed by atoms with Crippen molar-refractivity contribution in [2.24, 2.45) is 0 Å². The Kier molecular flexibility index (Phi) is 14.4. The van der Waals surface area contributed by atoms with Gasteiger partial charge in [0.05, 0.1) is 0 Å². The molecular formula is C6H14Ca2O8. The minimum atomic E-state index is -2.36. The molecule has 0 aliphatic carbocycles. The zero-order valence-electron chi connectivity index (χ0n) is 12.2. The van der Waals surface area contributed by atoms with Crippen molar-refractivity contribution in [3.05, 3.63) is 0 Å². The van der Waals surface area contributed by atoms with Gasteiger partial charge >= 0.3 is 87.4 Å². The van der Waals surface area contributed by atoms with Crippen LogP contribution in [0.15, 0.2) is 0 Å². The number of carboxylic acid groups (broad SMARTS) is 2. The average Bonchev–Trinajstić information content (AvgIpc) is 2.12. The van der Waals surface area contributed by atoms with Gasteiger partial charge in [-0.3, -0.25) is 0 Å². The van der Waals surface area contributed by atoms with Crippen LogP contribution in [0.1, 0.15) is 5.71 Å². The molecule has 0 radical (unpaired) electrons. The minimum absolute atomic E-state index is 0. The van der Waals surface area contributed by atoms with Crippen LogP contribution >= 0.6 is 0 Å². The van der Waals surface area contributed by atoms with Crippen molar-refractivity contribution in [1.82, 2.24) is 0 Å². The van der Waals surface area contributed by atoms with E-state index in [1.807, 2.05) is 0 Å². The van der Waals surface area contributed by atoms with Gasteiger partial charge in [-0.2, -0.15) is 0 Å². The summed E-state index contributed by atoms with van der Waals surface area (Å²) in [5, 5.41) is 51.5. The quantitative estimate of drug-likeness (QED) is 0.283. The van der Waals surface area contributed by atoms with E-state index in [1.165, 1.54) is 0 Å². The third kappa shape index (κ3) is 6.90. The van der Waals surface area contributed by atoms with Crippen LogP contribution in [-0.2, 0) is 9.59 Å². The van der Waals surface area contributed by atoms with E-state index in [2.05, 4.69) is 0 Å². The number of aliphatic carboxylic acids is 2. The largest absolute Gasteiger partial charge is 2.00 e. The predicted molar refractivity (Wildman–Crippen MR) is 55.3 cm³/mol. The summed E-state index contributed by atoms with van der Waals surface area (Å²) in [6, 6.07) is 0. The van der Waals surface area contributed by atoms with Gasteiger partial charge in [-0.1, -0.05) is 0 Å². The van der Waals surface area contributed by atoms with Gasteiger partial charge in [0.1, 0.15) is 12.2 Å². The average molecular weight is 294 g/mol. The second-order valence-electron chi connectivity index (χ2n) is 2.55. The van der Waals surface area contributed by atoms with Gasteiger partial charge in [0.2, 0.25) is 0 Å². The first kappa shape index (κ1) is 22.5. The molecule has 0 rings (SSSR count). The molecule has 0 aliphatic rings. The molecule has 0 saturated heterocycles. The number of hydrogen-bond donors (Lipinski definition) is 6. The molecule has 4 atom stereocenters. The molecule has 0 aliphatic heterocycles. The molecule has 10 heteroatoms. The topological polar surface area (TPSA) is 156 Å². The Balaban J connectivity index is -0.0000000563. The number of hydrogen-bond acceptors (Lipinski definition) is 6. The molecule has 0 heterocycles. The molecule has 4 unspecified atom stereocenters. The number of aliphatic hydroxyl groups excluding tert-OH is 4. The third-order valence-electron chi connectivity index (χ3n) is 1.50. The fourth-order valence-corrected chi connectivity index (χ4v) is 0.666. The third-order valence-corrected chi connectivity index (χ3v) is 1.50. The van der Waals surface area contributed by atoms with Crippen molar-refractivity contribution in [2.45, 2.75) is 24.4 Å². The summed E-state index contributed by atoms with van der Waals surface area (Å²) in [4.78, 5) is 20.2. The number of aliphatic hydroxyl groups is 4. The van der Waals surface area contributed by atoms with E-state index >= 15 is 0 Å². The van der Waals surface area contributed by atoms with Crippen LogP contribution in [0, 0.1) is 0 Å². The van der Waals surface area contributed by atoms with Gasteiger partial charge in [-0.15, -0.1) is 0 Å². The van der Waals surface area contributed by atoms with Crippen molar-refractivity contribution in [2.75, 3.05) is 0 Å². The van der Waals surface area contributed by atoms with Gasteiger partial charge in [0.25, 0.3) is 0 Å². The van der Waals surface area contributed by atoms with Crippen molar-refractivity contribution < 1.29 is 45.9 Å². The van der Waals surface area contributed by atoms with Gasteiger partial charge < -0.3 is 36.3 Å². The van der Waals surface area contributed by atoms with E-state index in [0.29, 0.717) is 0 Å². The minimum Gasteiger partial charge on any atom is -1.00 e. The van der Waals surface area contributed by atoms with E-state index in [4.69, 9.17) is 30.6 Å². The smallest absolute Gasteiger partial charge is 1.00 e. The Morgan fingerprint density at radius 2 is 0.938 bits per heavy atom. The number of rotatable bonds is 5. The van der Waals surface area contributed by atoms with Crippen LogP contribution in [0.4, 0.5) is 0 Å². The summed E-state index contributed by atoms with van der Waals surface area (Å²) in [6.07, 6.45) is -9.28. The van der Waals surface area contributed by atoms with E-state index in [-0.39, 0.29) is 81.2 Å². The summed E-state index contributed by atoms with van der Waals surface area (Å²) < 4.78 is 0. The summed E-state index contributed by atoms with van der Waals surface area (Å²) >= 11 is 0. The molecule has 90 valence electrons. The number of carbonyl (C=O) groups is 2. The maximum absolute atomic E-state index is 10.1. The van der Waals surface area contributed by atoms with Crippen LogP contribution in [-0.4, -0.2) is 142 Å². The van der Waals surface area contributed by atoms with Crippen molar-refractivity contribution in [3.63, 3.8) is 0 Å². The SMILES string of the molecule is O=C(O)C(O)C(O)C(O)C(O)C(=O)O.[Ca+2].[Ca+2].[H-].[H-].[H-].[H-]. The monoisotopic (exact) mass is 294 g/mol. The van der Waals surface area contributed by atoms with Crippen molar-refractivity contribution in [1.29, 1.82) is 0 Å². The van der Waals surface area contributed by atoms with E-state index in [9.17, 15) is 9.59 Å². The first-order chi connectivity index (χ1) is 6.29. The molecule has 8 nitrogen and oxygen atoms in total. The number of carboxylic acids is 2. The maximum atomic E-state index is 10.1. The standard InChI is InChI=1S/C6H10O8.2Ca.4H/c7-1(3(9)5(11)12)2(8)4(10)6(13)14;;;;;;/h1-4,7-10H,(H,11,12)(H,13,14);;;;;;/q;2*+2;4*-1. The Labute approximate surface area is 156 Å². The first-order valence-electron chi connectivity index (χ1n) is 3.47. The first-order valence-corrected chi connectivity index (χ1v) is 3.47.